The summed E-state index contributed by atoms with van der Waals surface area (Å²) in [5.41, 5.74) is 7.06. The van der Waals surface area contributed by atoms with E-state index in [-0.39, 0.29) is 36.1 Å². The molecule has 2 rings (SSSR count). The molecule has 1 amide bonds. The van der Waals surface area contributed by atoms with E-state index >= 15 is 0 Å². The largest absolute Gasteiger partial charge is 0.494 e. The van der Waals surface area contributed by atoms with Crippen molar-refractivity contribution in [3.63, 3.8) is 0 Å². The molecular formula is C18H29IN4O3. The SMILES string of the molecule is CCOC(=O)N1CCC(NC(N)=NCc2ccc(OCC)cc2)CC1.I. The van der Waals surface area contributed by atoms with E-state index in [2.05, 4.69) is 10.3 Å². The summed E-state index contributed by atoms with van der Waals surface area (Å²) in [4.78, 5) is 17.8. The van der Waals surface area contributed by atoms with Crippen LogP contribution in [0.25, 0.3) is 0 Å². The normalized spacial score (nSPS) is 15.2. The van der Waals surface area contributed by atoms with Gasteiger partial charge >= 0.3 is 6.09 Å². The van der Waals surface area contributed by atoms with Gasteiger partial charge in [0.2, 0.25) is 0 Å². The Bertz CT molecular complexity index is 572. The molecule has 1 aromatic carbocycles. The molecule has 1 aliphatic heterocycles. The third-order valence-electron chi connectivity index (χ3n) is 4.04. The number of piperidine rings is 1. The van der Waals surface area contributed by atoms with Gasteiger partial charge in [-0.2, -0.15) is 0 Å². The van der Waals surface area contributed by atoms with Gasteiger partial charge in [0.05, 0.1) is 19.8 Å². The van der Waals surface area contributed by atoms with Crippen LogP contribution in [0.5, 0.6) is 5.75 Å². The van der Waals surface area contributed by atoms with E-state index in [0.29, 0.717) is 38.8 Å². The van der Waals surface area contributed by atoms with Crippen molar-refractivity contribution < 1.29 is 14.3 Å². The van der Waals surface area contributed by atoms with Crippen molar-refractivity contribution in [2.75, 3.05) is 26.3 Å². The number of carbonyl (C=O) groups is 1. The fourth-order valence-electron chi connectivity index (χ4n) is 2.71. The predicted molar refractivity (Wildman–Crippen MR) is 113 cm³/mol. The lowest BCUT2D eigenvalue weighted by molar-refractivity contribution is 0.0963. The first-order chi connectivity index (χ1) is 12.1. The Morgan fingerprint density at radius 1 is 1.23 bits per heavy atom. The molecule has 0 radical (unpaired) electrons. The van der Waals surface area contributed by atoms with Crippen LogP contribution in [0.3, 0.4) is 0 Å². The second-order valence-corrected chi connectivity index (χ2v) is 5.88. The first-order valence-corrected chi connectivity index (χ1v) is 8.82. The second kappa shape index (κ2) is 11.8. The molecule has 0 aromatic heterocycles. The molecule has 26 heavy (non-hydrogen) atoms. The van der Waals surface area contributed by atoms with Crippen LogP contribution in [0.2, 0.25) is 0 Å². The van der Waals surface area contributed by atoms with Crippen LogP contribution in [0.15, 0.2) is 29.3 Å². The summed E-state index contributed by atoms with van der Waals surface area (Å²) >= 11 is 0. The first-order valence-electron chi connectivity index (χ1n) is 8.82. The van der Waals surface area contributed by atoms with Crippen LogP contribution in [0.1, 0.15) is 32.3 Å². The molecule has 1 aliphatic rings. The highest BCUT2D eigenvalue weighted by Gasteiger charge is 2.23. The molecule has 0 aliphatic carbocycles. The lowest BCUT2D eigenvalue weighted by Gasteiger charge is -2.31. The minimum Gasteiger partial charge on any atom is -0.494 e. The number of rotatable bonds is 6. The topological polar surface area (TPSA) is 89.2 Å². The monoisotopic (exact) mass is 476 g/mol. The number of guanidine groups is 1. The van der Waals surface area contributed by atoms with Gasteiger partial charge in [0.1, 0.15) is 5.75 Å². The van der Waals surface area contributed by atoms with Crippen molar-refractivity contribution in [1.82, 2.24) is 10.2 Å². The maximum atomic E-state index is 11.7. The Kier molecular flexibility index (Phi) is 10.2. The Morgan fingerprint density at radius 2 is 1.88 bits per heavy atom. The molecule has 0 atom stereocenters. The van der Waals surface area contributed by atoms with Gasteiger partial charge in [0.15, 0.2) is 5.96 Å². The van der Waals surface area contributed by atoms with Crippen LogP contribution in [-0.2, 0) is 11.3 Å². The Labute approximate surface area is 172 Å². The number of carbonyl (C=O) groups excluding carboxylic acids is 1. The van der Waals surface area contributed by atoms with Crippen molar-refractivity contribution in [1.29, 1.82) is 0 Å². The number of halogens is 1. The zero-order valence-corrected chi connectivity index (χ0v) is 17.8. The molecule has 1 aromatic rings. The predicted octanol–water partition coefficient (Wildman–Crippen LogP) is 2.73. The van der Waals surface area contributed by atoms with Gasteiger partial charge in [0, 0.05) is 19.1 Å². The summed E-state index contributed by atoms with van der Waals surface area (Å²) in [6, 6.07) is 8.07. The zero-order chi connectivity index (χ0) is 18.1. The van der Waals surface area contributed by atoms with Crippen LogP contribution >= 0.6 is 24.0 Å². The summed E-state index contributed by atoms with van der Waals surface area (Å²) in [5.74, 6) is 1.29. The first kappa shape index (κ1) is 22.3. The van der Waals surface area contributed by atoms with Gasteiger partial charge in [-0.3, -0.25) is 0 Å². The number of ether oxygens (including phenoxy) is 2. The molecular weight excluding hydrogens is 447 g/mol. The highest BCUT2D eigenvalue weighted by atomic mass is 127. The number of benzene rings is 1. The van der Waals surface area contributed by atoms with Crippen LogP contribution in [-0.4, -0.2) is 49.3 Å². The smallest absolute Gasteiger partial charge is 0.409 e. The fourth-order valence-corrected chi connectivity index (χ4v) is 2.71. The summed E-state index contributed by atoms with van der Waals surface area (Å²) < 4.78 is 10.4. The highest BCUT2D eigenvalue weighted by Crippen LogP contribution is 2.13. The van der Waals surface area contributed by atoms with Crippen molar-refractivity contribution in [3.05, 3.63) is 29.8 Å². The minimum atomic E-state index is -0.238. The van der Waals surface area contributed by atoms with E-state index in [9.17, 15) is 4.79 Å². The van der Waals surface area contributed by atoms with Gasteiger partial charge in [-0.25, -0.2) is 9.79 Å². The average Bonchev–Trinajstić information content (AvgIpc) is 2.62. The number of nitrogens with zero attached hydrogens (tertiary/aromatic N) is 2. The Hall–Kier alpha value is -1.71. The molecule has 0 spiro atoms. The second-order valence-electron chi connectivity index (χ2n) is 5.88. The summed E-state index contributed by atoms with van der Waals surface area (Å²) in [5, 5.41) is 3.24. The zero-order valence-electron chi connectivity index (χ0n) is 15.4. The lowest BCUT2D eigenvalue weighted by Crippen LogP contribution is -2.48. The molecule has 0 bridgehead atoms. The number of likely N-dealkylation sites (tertiary alicyclic amines) is 1. The maximum absolute atomic E-state index is 11.7. The van der Waals surface area contributed by atoms with Crippen LogP contribution < -0.4 is 15.8 Å². The minimum absolute atomic E-state index is 0. The van der Waals surface area contributed by atoms with Crippen molar-refractivity contribution in [2.24, 2.45) is 10.7 Å². The molecule has 3 N–H and O–H groups in total. The summed E-state index contributed by atoms with van der Waals surface area (Å²) in [6.45, 7) is 6.69. The molecule has 7 nitrogen and oxygen atoms in total. The lowest BCUT2D eigenvalue weighted by atomic mass is 10.1. The number of hydrogen-bond donors (Lipinski definition) is 2. The third-order valence-corrected chi connectivity index (χ3v) is 4.04. The van der Waals surface area contributed by atoms with E-state index in [1.165, 1.54) is 0 Å². The maximum Gasteiger partial charge on any atom is 0.409 e. The molecule has 1 heterocycles. The Balaban J connectivity index is 0.00000338. The third kappa shape index (κ3) is 7.27. The average molecular weight is 476 g/mol. The number of aliphatic imine (C=N–C) groups is 1. The molecule has 1 fully saturated rings. The van der Waals surface area contributed by atoms with E-state index in [4.69, 9.17) is 15.2 Å². The molecule has 146 valence electrons. The van der Waals surface area contributed by atoms with Gasteiger partial charge in [-0.15, -0.1) is 24.0 Å². The van der Waals surface area contributed by atoms with E-state index in [1.54, 1.807) is 4.90 Å². The Morgan fingerprint density at radius 3 is 2.46 bits per heavy atom. The van der Waals surface area contributed by atoms with Crippen molar-refractivity contribution in [3.8, 4) is 5.75 Å². The van der Waals surface area contributed by atoms with Gasteiger partial charge in [-0.1, -0.05) is 12.1 Å². The summed E-state index contributed by atoms with van der Waals surface area (Å²) in [7, 11) is 0. The molecule has 1 saturated heterocycles. The van der Waals surface area contributed by atoms with Gasteiger partial charge in [0.25, 0.3) is 0 Å². The van der Waals surface area contributed by atoms with E-state index in [0.717, 1.165) is 24.2 Å². The molecule has 0 unspecified atom stereocenters. The summed E-state index contributed by atoms with van der Waals surface area (Å²) in [6.07, 6.45) is 1.42. The highest BCUT2D eigenvalue weighted by molar-refractivity contribution is 14.0. The van der Waals surface area contributed by atoms with E-state index in [1.807, 2.05) is 38.1 Å². The fraction of sp³-hybridized carbons (Fsp3) is 0.556. The van der Waals surface area contributed by atoms with E-state index < -0.39 is 0 Å². The number of amides is 1. The van der Waals surface area contributed by atoms with Crippen LogP contribution in [0, 0.1) is 0 Å². The number of nitrogens with one attached hydrogen (secondary N) is 1. The van der Waals surface area contributed by atoms with Gasteiger partial charge < -0.3 is 25.4 Å². The van der Waals surface area contributed by atoms with Crippen molar-refractivity contribution in [2.45, 2.75) is 39.3 Å². The van der Waals surface area contributed by atoms with Crippen molar-refractivity contribution >= 4 is 36.0 Å². The molecule has 8 heteroatoms. The van der Waals surface area contributed by atoms with Crippen LogP contribution in [0.4, 0.5) is 4.79 Å². The van der Waals surface area contributed by atoms with Gasteiger partial charge in [-0.05, 0) is 44.4 Å². The number of nitrogens with two attached hydrogens (primary N) is 1. The number of hydrogen-bond acceptors (Lipinski definition) is 4. The quantitative estimate of drug-likeness (QED) is 0.375. The standard InChI is InChI=1S/C18H28N4O3.HI/c1-3-24-16-7-5-14(6-8-16)13-20-17(19)21-15-9-11-22(12-10-15)18(23)25-4-2;/h5-8,15H,3-4,9-13H2,1-2H3,(H3,19,20,21);1H. The molecule has 0 saturated carbocycles.